The zero-order chi connectivity index (χ0) is 23.3. The molecule has 4 aliphatic rings. The third-order valence-corrected chi connectivity index (χ3v) is 9.28. The number of hydrogen-bond acceptors (Lipinski definition) is 6. The molecule has 178 valence electrons. The number of sulfonamides is 1. The van der Waals surface area contributed by atoms with Gasteiger partial charge in [-0.2, -0.15) is 4.31 Å². The summed E-state index contributed by atoms with van der Waals surface area (Å²) in [5.74, 6) is -1.38. The molecule has 11 heteroatoms. The standard InChI is InChI=1S/C22H27FN4O5S/c23-17-11-16-15(12-27(22(16)30)18-4-5-20(28)24-21(18)29)10-19(17)25-6-8-26(9-7-25)33(31,32)13-14-2-1-3-14/h10-11,14,18H,1-9,12-13H2,(H,24,28,29). The minimum Gasteiger partial charge on any atom is -0.367 e. The van der Waals surface area contributed by atoms with E-state index >= 15 is 0 Å². The number of imide groups is 1. The van der Waals surface area contributed by atoms with Crippen LogP contribution in [0.4, 0.5) is 10.1 Å². The van der Waals surface area contributed by atoms with Crippen LogP contribution in [0.3, 0.4) is 0 Å². The lowest BCUT2D eigenvalue weighted by molar-refractivity contribution is -0.136. The van der Waals surface area contributed by atoms with Crippen molar-refractivity contribution in [1.82, 2.24) is 14.5 Å². The van der Waals surface area contributed by atoms with Gasteiger partial charge in [0.2, 0.25) is 21.8 Å². The van der Waals surface area contributed by atoms with Crippen LogP contribution in [0.25, 0.3) is 0 Å². The Hall–Kier alpha value is -2.53. The molecule has 2 saturated heterocycles. The highest BCUT2D eigenvalue weighted by Crippen LogP contribution is 2.33. The van der Waals surface area contributed by atoms with Gasteiger partial charge in [-0.25, -0.2) is 12.8 Å². The summed E-state index contributed by atoms with van der Waals surface area (Å²) in [4.78, 5) is 39.7. The average Bonchev–Trinajstić information content (AvgIpc) is 3.06. The molecule has 33 heavy (non-hydrogen) atoms. The molecule has 3 aliphatic heterocycles. The normalized spacial score (nSPS) is 24.6. The Morgan fingerprint density at radius 1 is 1.03 bits per heavy atom. The number of benzene rings is 1. The predicted molar refractivity (Wildman–Crippen MR) is 117 cm³/mol. The lowest BCUT2D eigenvalue weighted by Gasteiger charge is -2.37. The zero-order valence-electron chi connectivity index (χ0n) is 18.3. The molecule has 0 spiro atoms. The van der Waals surface area contributed by atoms with E-state index in [4.69, 9.17) is 0 Å². The lowest BCUT2D eigenvalue weighted by atomic mass is 9.87. The number of fused-ring (bicyclic) bond motifs is 1. The Bertz CT molecular complexity index is 1110. The van der Waals surface area contributed by atoms with Gasteiger partial charge in [-0.1, -0.05) is 6.42 Å². The van der Waals surface area contributed by atoms with Crippen molar-refractivity contribution in [2.75, 3.05) is 36.8 Å². The first-order valence-electron chi connectivity index (χ1n) is 11.4. The van der Waals surface area contributed by atoms with E-state index in [1.165, 1.54) is 15.3 Å². The summed E-state index contributed by atoms with van der Waals surface area (Å²) in [5, 5.41) is 2.26. The first-order valence-corrected chi connectivity index (χ1v) is 13.0. The van der Waals surface area contributed by atoms with Crippen molar-refractivity contribution in [3.8, 4) is 0 Å². The van der Waals surface area contributed by atoms with Gasteiger partial charge in [-0.05, 0) is 42.9 Å². The fourth-order valence-electron chi connectivity index (χ4n) is 5.09. The molecule has 3 amide bonds. The van der Waals surface area contributed by atoms with Crippen LogP contribution in [-0.2, 0) is 26.2 Å². The molecule has 3 heterocycles. The number of nitrogens with zero attached hydrogens (tertiary/aromatic N) is 3. The molecule has 1 aromatic carbocycles. The predicted octanol–water partition coefficient (Wildman–Crippen LogP) is 0.839. The van der Waals surface area contributed by atoms with E-state index in [-0.39, 0.29) is 42.5 Å². The third-order valence-electron chi connectivity index (χ3n) is 7.23. The van der Waals surface area contributed by atoms with Crippen LogP contribution < -0.4 is 10.2 Å². The monoisotopic (exact) mass is 478 g/mol. The maximum absolute atomic E-state index is 15.0. The second kappa shape index (κ2) is 8.35. The van der Waals surface area contributed by atoms with E-state index in [9.17, 15) is 27.2 Å². The molecule has 1 atom stereocenters. The molecule has 5 rings (SSSR count). The molecule has 0 radical (unpaired) electrons. The number of carbonyl (C=O) groups is 3. The number of amides is 3. The number of piperazine rings is 1. The Kier molecular flexibility index (Phi) is 5.64. The number of piperidine rings is 1. The SMILES string of the molecule is O=C1CCC(N2Cc3cc(N4CCN(S(=O)(=O)CC5CCC5)CC4)c(F)cc3C2=O)C(=O)N1. The first-order chi connectivity index (χ1) is 15.7. The van der Waals surface area contributed by atoms with Gasteiger partial charge in [0.1, 0.15) is 11.9 Å². The fraction of sp³-hybridized carbons (Fsp3) is 0.591. The van der Waals surface area contributed by atoms with Gasteiger partial charge in [0.15, 0.2) is 0 Å². The van der Waals surface area contributed by atoms with Gasteiger partial charge >= 0.3 is 0 Å². The second-order valence-electron chi connectivity index (χ2n) is 9.32. The van der Waals surface area contributed by atoms with Crippen molar-refractivity contribution < 1.29 is 27.2 Å². The number of halogens is 1. The van der Waals surface area contributed by atoms with E-state index in [0.717, 1.165) is 19.3 Å². The van der Waals surface area contributed by atoms with E-state index in [1.807, 2.05) is 4.90 Å². The van der Waals surface area contributed by atoms with Crippen LogP contribution in [-0.4, -0.2) is 73.3 Å². The van der Waals surface area contributed by atoms with Gasteiger partial charge in [0.25, 0.3) is 5.91 Å². The van der Waals surface area contributed by atoms with Crippen LogP contribution in [0.2, 0.25) is 0 Å². The van der Waals surface area contributed by atoms with Crippen LogP contribution in [0, 0.1) is 11.7 Å². The highest BCUT2D eigenvalue weighted by molar-refractivity contribution is 7.89. The number of rotatable bonds is 5. The van der Waals surface area contributed by atoms with Crippen molar-refractivity contribution in [3.05, 3.63) is 29.1 Å². The zero-order valence-corrected chi connectivity index (χ0v) is 19.1. The molecule has 1 aromatic rings. The van der Waals surface area contributed by atoms with E-state index in [0.29, 0.717) is 37.4 Å². The minimum absolute atomic E-state index is 0.157. The lowest BCUT2D eigenvalue weighted by Crippen LogP contribution is -2.52. The molecule has 0 bridgehead atoms. The van der Waals surface area contributed by atoms with E-state index in [1.54, 1.807) is 6.07 Å². The van der Waals surface area contributed by atoms with Gasteiger partial charge in [0, 0.05) is 44.7 Å². The first kappa shape index (κ1) is 22.3. The summed E-state index contributed by atoms with van der Waals surface area (Å²) >= 11 is 0. The van der Waals surface area contributed by atoms with Crippen LogP contribution in [0.5, 0.6) is 0 Å². The third kappa shape index (κ3) is 4.12. The topological polar surface area (TPSA) is 107 Å². The summed E-state index contributed by atoms with van der Waals surface area (Å²) in [7, 11) is -3.31. The highest BCUT2D eigenvalue weighted by Gasteiger charge is 2.40. The Balaban J connectivity index is 1.28. The van der Waals surface area contributed by atoms with Gasteiger partial charge in [0.05, 0.1) is 11.4 Å². The number of anilines is 1. The minimum atomic E-state index is -3.31. The van der Waals surface area contributed by atoms with Crippen molar-refractivity contribution in [2.45, 2.75) is 44.7 Å². The summed E-state index contributed by atoms with van der Waals surface area (Å²) < 4.78 is 41.8. The highest BCUT2D eigenvalue weighted by atomic mass is 32.2. The fourth-order valence-corrected chi connectivity index (χ4v) is 6.95. The van der Waals surface area contributed by atoms with E-state index in [2.05, 4.69) is 5.32 Å². The number of hydrogen-bond donors (Lipinski definition) is 1. The van der Waals surface area contributed by atoms with Gasteiger partial charge in [-0.3, -0.25) is 19.7 Å². The largest absolute Gasteiger partial charge is 0.367 e. The summed E-state index contributed by atoms with van der Waals surface area (Å²) in [6, 6.07) is 2.09. The Morgan fingerprint density at radius 2 is 1.76 bits per heavy atom. The second-order valence-corrected chi connectivity index (χ2v) is 11.3. The smallest absolute Gasteiger partial charge is 0.255 e. The quantitative estimate of drug-likeness (QED) is 0.629. The molecule has 1 aliphatic carbocycles. The molecule has 1 saturated carbocycles. The molecule has 3 fully saturated rings. The number of nitrogens with one attached hydrogen (secondary N) is 1. The molecular weight excluding hydrogens is 451 g/mol. The summed E-state index contributed by atoms with van der Waals surface area (Å²) in [6.07, 6.45) is 3.43. The van der Waals surface area contributed by atoms with Gasteiger partial charge < -0.3 is 9.80 Å². The van der Waals surface area contributed by atoms with Crippen LogP contribution in [0.15, 0.2) is 12.1 Å². The molecule has 0 aromatic heterocycles. The molecular formula is C22H27FN4O5S. The maximum atomic E-state index is 15.0. The molecule has 1 N–H and O–H groups in total. The van der Waals surface area contributed by atoms with Crippen molar-refractivity contribution in [3.63, 3.8) is 0 Å². The summed E-state index contributed by atoms with van der Waals surface area (Å²) in [5.41, 5.74) is 1.19. The van der Waals surface area contributed by atoms with Crippen molar-refractivity contribution >= 4 is 33.4 Å². The van der Waals surface area contributed by atoms with Crippen LogP contribution in [0.1, 0.15) is 48.0 Å². The van der Waals surface area contributed by atoms with Crippen molar-refractivity contribution in [1.29, 1.82) is 0 Å². The summed E-state index contributed by atoms with van der Waals surface area (Å²) in [6.45, 7) is 1.50. The maximum Gasteiger partial charge on any atom is 0.255 e. The molecule has 9 nitrogen and oxygen atoms in total. The van der Waals surface area contributed by atoms with Crippen molar-refractivity contribution in [2.24, 2.45) is 5.92 Å². The number of carbonyl (C=O) groups excluding carboxylic acids is 3. The van der Waals surface area contributed by atoms with Gasteiger partial charge in [-0.15, -0.1) is 0 Å². The Labute approximate surface area is 191 Å². The van der Waals surface area contributed by atoms with E-state index < -0.39 is 33.7 Å². The Morgan fingerprint density at radius 3 is 2.39 bits per heavy atom. The average molecular weight is 479 g/mol. The molecule has 1 unspecified atom stereocenters. The van der Waals surface area contributed by atoms with Crippen LogP contribution >= 0.6 is 0 Å².